The molecule has 2 aromatic carbocycles. The maximum absolute atomic E-state index is 12.8. The standard InChI is InChI=1S/C17H19FN2O/c1-20(12-15-7-9-16(18)10-8-15)13-17(21)19-11-14-5-3-2-4-6-14/h2-10H,11-13H2,1H3,(H,19,21)/p+1. The van der Waals surface area contributed by atoms with Crippen LogP contribution in [0.15, 0.2) is 54.6 Å². The summed E-state index contributed by atoms with van der Waals surface area (Å²) in [6.45, 7) is 1.63. The Morgan fingerprint density at radius 3 is 2.38 bits per heavy atom. The van der Waals surface area contributed by atoms with Gasteiger partial charge in [-0.3, -0.25) is 4.79 Å². The Bertz CT molecular complexity index is 569. The highest BCUT2D eigenvalue weighted by Crippen LogP contribution is 2.00. The summed E-state index contributed by atoms with van der Waals surface area (Å²) in [5.74, 6) is -0.226. The number of halogens is 1. The molecule has 110 valence electrons. The smallest absolute Gasteiger partial charge is 0.275 e. The topological polar surface area (TPSA) is 33.5 Å². The van der Waals surface area contributed by atoms with Crippen LogP contribution in [0.3, 0.4) is 0 Å². The molecule has 1 amide bonds. The second-order valence-corrected chi connectivity index (χ2v) is 5.20. The lowest BCUT2D eigenvalue weighted by atomic mass is 10.2. The molecule has 2 aromatic rings. The summed E-state index contributed by atoms with van der Waals surface area (Å²) in [7, 11) is 1.95. The Hall–Kier alpha value is -2.20. The number of carbonyl (C=O) groups excluding carboxylic acids is 1. The van der Waals surface area contributed by atoms with E-state index < -0.39 is 0 Å². The maximum Gasteiger partial charge on any atom is 0.275 e. The molecule has 0 aliphatic carbocycles. The molecule has 0 aliphatic rings. The zero-order valence-corrected chi connectivity index (χ0v) is 12.1. The van der Waals surface area contributed by atoms with E-state index in [0.29, 0.717) is 19.6 Å². The van der Waals surface area contributed by atoms with Crippen molar-refractivity contribution < 1.29 is 14.1 Å². The van der Waals surface area contributed by atoms with Crippen molar-refractivity contribution in [2.75, 3.05) is 13.6 Å². The summed E-state index contributed by atoms with van der Waals surface area (Å²) < 4.78 is 12.8. The Morgan fingerprint density at radius 2 is 1.71 bits per heavy atom. The minimum atomic E-state index is -0.239. The van der Waals surface area contributed by atoms with Crippen molar-refractivity contribution in [2.45, 2.75) is 13.1 Å². The molecule has 0 bridgehead atoms. The van der Waals surface area contributed by atoms with Gasteiger partial charge in [0.1, 0.15) is 12.4 Å². The molecule has 1 unspecified atom stereocenters. The predicted molar refractivity (Wildman–Crippen MR) is 80.1 cm³/mol. The van der Waals surface area contributed by atoms with Crippen molar-refractivity contribution >= 4 is 5.91 Å². The molecule has 1 atom stereocenters. The highest BCUT2D eigenvalue weighted by atomic mass is 19.1. The van der Waals surface area contributed by atoms with Gasteiger partial charge in [-0.15, -0.1) is 0 Å². The van der Waals surface area contributed by atoms with Crippen LogP contribution < -0.4 is 10.2 Å². The van der Waals surface area contributed by atoms with Gasteiger partial charge in [0.05, 0.1) is 7.05 Å². The Labute approximate surface area is 124 Å². The normalized spacial score (nSPS) is 11.9. The van der Waals surface area contributed by atoms with E-state index in [0.717, 1.165) is 16.0 Å². The lowest BCUT2D eigenvalue weighted by molar-refractivity contribution is -0.885. The Morgan fingerprint density at radius 1 is 1.05 bits per heavy atom. The molecule has 0 saturated heterocycles. The molecule has 0 aliphatic heterocycles. The number of hydrogen-bond acceptors (Lipinski definition) is 1. The van der Waals surface area contributed by atoms with E-state index in [1.807, 2.05) is 37.4 Å². The van der Waals surface area contributed by atoms with Crippen molar-refractivity contribution in [2.24, 2.45) is 0 Å². The molecule has 21 heavy (non-hydrogen) atoms. The van der Waals surface area contributed by atoms with Gasteiger partial charge < -0.3 is 10.2 Å². The molecular weight excluding hydrogens is 267 g/mol. The van der Waals surface area contributed by atoms with Crippen molar-refractivity contribution in [1.29, 1.82) is 0 Å². The molecule has 3 nitrogen and oxygen atoms in total. The fourth-order valence-electron chi connectivity index (χ4n) is 2.15. The highest BCUT2D eigenvalue weighted by molar-refractivity contribution is 5.76. The second kappa shape index (κ2) is 7.55. The van der Waals surface area contributed by atoms with Crippen LogP contribution in [-0.2, 0) is 17.9 Å². The first kappa shape index (κ1) is 15.2. The van der Waals surface area contributed by atoms with E-state index in [4.69, 9.17) is 0 Å². The van der Waals surface area contributed by atoms with E-state index in [1.54, 1.807) is 12.1 Å². The van der Waals surface area contributed by atoms with Crippen LogP contribution in [0.1, 0.15) is 11.1 Å². The summed E-state index contributed by atoms with van der Waals surface area (Å²) in [5.41, 5.74) is 2.10. The van der Waals surface area contributed by atoms with Crippen molar-refractivity contribution in [1.82, 2.24) is 5.32 Å². The van der Waals surface area contributed by atoms with E-state index in [1.165, 1.54) is 12.1 Å². The zero-order valence-electron chi connectivity index (χ0n) is 12.1. The molecule has 2 N–H and O–H groups in total. The highest BCUT2D eigenvalue weighted by Gasteiger charge is 2.10. The predicted octanol–water partition coefficient (Wildman–Crippen LogP) is 1.16. The van der Waals surface area contributed by atoms with Crippen LogP contribution in [-0.4, -0.2) is 19.5 Å². The molecule has 4 heteroatoms. The van der Waals surface area contributed by atoms with E-state index >= 15 is 0 Å². The van der Waals surface area contributed by atoms with Gasteiger partial charge in [-0.2, -0.15) is 0 Å². The number of amides is 1. The summed E-state index contributed by atoms with van der Waals surface area (Å²) in [6.07, 6.45) is 0. The average Bonchev–Trinajstić information content (AvgIpc) is 2.48. The fourth-order valence-corrected chi connectivity index (χ4v) is 2.15. The van der Waals surface area contributed by atoms with Gasteiger partial charge in [-0.1, -0.05) is 42.5 Å². The van der Waals surface area contributed by atoms with Gasteiger partial charge in [0.15, 0.2) is 6.54 Å². The molecule has 0 saturated carbocycles. The van der Waals surface area contributed by atoms with Crippen LogP contribution in [0.25, 0.3) is 0 Å². The van der Waals surface area contributed by atoms with E-state index in [9.17, 15) is 9.18 Å². The van der Waals surface area contributed by atoms with Crippen molar-refractivity contribution in [3.63, 3.8) is 0 Å². The number of carbonyl (C=O) groups is 1. The van der Waals surface area contributed by atoms with Gasteiger partial charge >= 0.3 is 0 Å². The molecule has 0 radical (unpaired) electrons. The van der Waals surface area contributed by atoms with Gasteiger partial charge in [-0.05, 0) is 17.7 Å². The number of rotatable bonds is 6. The number of hydrogen-bond donors (Lipinski definition) is 2. The van der Waals surface area contributed by atoms with Gasteiger partial charge in [0.2, 0.25) is 0 Å². The third-order valence-corrected chi connectivity index (χ3v) is 3.21. The molecule has 0 spiro atoms. The quantitative estimate of drug-likeness (QED) is 0.821. The third-order valence-electron chi connectivity index (χ3n) is 3.21. The second-order valence-electron chi connectivity index (χ2n) is 5.20. The Balaban J connectivity index is 1.75. The number of likely N-dealkylation sites (N-methyl/N-ethyl adjacent to an activating group) is 1. The summed E-state index contributed by atoms with van der Waals surface area (Å²) in [4.78, 5) is 12.9. The lowest BCUT2D eigenvalue weighted by Gasteiger charge is -2.14. The molecule has 0 heterocycles. The SMILES string of the molecule is C[NH+](CC(=O)NCc1ccccc1)Cc1ccc(F)cc1. The summed E-state index contributed by atoms with van der Waals surface area (Å²) in [6, 6.07) is 16.2. The number of nitrogens with one attached hydrogen (secondary N) is 2. The van der Waals surface area contributed by atoms with Crippen LogP contribution in [0.2, 0.25) is 0 Å². The summed E-state index contributed by atoms with van der Waals surface area (Å²) in [5, 5.41) is 2.90. The van der Waals surface area contributed by atoms with Gasteiger partial charge in [0, 0.05) is 12.1 Å². The molecule has 0 fully saturated rings. The van der Waals surface area contributed by atoms with Crippen LogP contribution in [0.5, 0.6) is 0 Å². The Kier molecular flexibility index (Phi) is 5.46. The van der Waals surface area contributed by atoms with E-state index in [2.05, 4.69) is 5.32 Å². The fraction of sp³-hybridized carbons (Fsp3) is 0.235. The van der Waals surface area contributed by atoms with Crippen molar-refractivity contribution in [3.05, 3.63) is 71.5 Å². The van der Waals surface area contributed by atoms with Crippen molar-refractivity contribution in [3.8, 4) is 0 Å². The summed E-state index contributed by atoms with van der Waals surface area (Å²) >= 11 is 0. The van der Waals surface area contributed by atoms with E-state index in [-0.39, 0.29) is 11.7 Å². The first-order chi connectivity index (χ1) is 10.1. The first-order valence-corrected chi connectivity index (χ1v) is 7.00. The molecule has 0 aromatic heterocycles. The minimum Gasteiger partial charge on any atom is -0.347 e. The molecule has 2 rings (SSSR count). The van der Waals surface area contributed by atoms with Crippen LogP contribution >= 0.6 is 0 Å². The molecular formula is C17H20FN2O+. The number of quaternary nitrogens is 1. The monoisotopic (exact) mass is 287 g/mol. The van der Waals surface area contributed by atoms with Gasteiger partial charge in [0.25, 0.3) is 5.91 Å². The number of benzene rings is 2. The third kappa shape index (κ3) is 5.36. The largest absolute Gasteiger partial charge is 0.347 e. The average molecular weight is 287 g/mol. The lowest BCUT2D eigenvalue weighted by Crippen LogP contribution is -3.08. The zero-order chi connectivity index (χ0) is 15.1. The van der Waals surface area contributed by atoms with Crippen LogP contribution in [0.4, 0.5) is 4.39 Å². The van der Waals surface area contributed by atoms with Crippen LogP contribution in [0, 0.1) is 5.82 Å². The first-order valence-electron chi connectivity index (χ1n) is 7.00. The van der Waals surface area contributed by atoms with Gasteiger partial charge in [-0.25, -0.2) is 4.39 Å². The maximum atomic E-state index is 12.8. The minimum absolute atomic E-state index is 0.0125.